The van der Waals surface area contributed by atoms with E-state index in [1.807, 2.05) is 0 Å². The van der Waals surface area contributed by atoms with E-state index < -0.39 is 6.43 Å². The SMILES string of the molecule is N#Cc1nc2c(C(F)F)cccc2o1. The predicted octanol–water partition coefficient (Wildman–Crippen LogP) is 2.64. The summed E-state index contributed by atoms with van der Waals surface area (Å²) >= 11 is 0. The Kier molecular flexibility index (Phi) is 1.89. The van der Waals surface area contributed by atoms with E-state index in [0.717, 1.165) is 0 Å². The summed E-state index contributed by atoms with van der Waals surface area (Å²) in [6.45, 7) is 0. The van der Waals surface area contributed by atoms with E-state index >= 15 is 0 Å². The van der Waals surface area contributed by atoms with Crippen molar-refractivity contribution >= 4 is 11.1 Å². The summed E-state index contributed by atoms with van der Waals surface area (Å²) in [5, 5.41) is 8.47. The molecule has 0 amide bonds. The number of nitrogens with zero attached hydrogens (tertiary/aromatic N) is 2. The van der Waals surface area contributed by atoms with Crippen molar-refractivity contribution in [2.24, 2.45) is 0 Å². The minimum atomic E-state index is -2.62. The molecule has 0 fully saturated rings. The maximum atomic E-state index is 12.4. The summed E-state index contributed by atoms with van der Waals surface area (Å²) in [5.41, 5.74) is 0.0474. The molecule has 70 valence electrons. The molecule has 0 aliphatic rings. The highest BCUT2D eigenvalue weighted by Crippen LogP contribution is 2.27. The Hall–Kier alpha value is -1.96. The van der Waals surface area contributed by atoms with Crippen LogP contribution in [0.2, 0.25) is 0 Å². The summed E-state index contributed by atoms with van der Waals surface area (Å²) in [7, 11) is 0. The number of rotatable bonds is 1. The van der Waals surface area contributed by atoms with Gasteiger partial charge in [-0.15, -0.1) is 0 Å². The number of alkyl halides is 2. The fourth-order valence-electron chi connectivity index (χ4n) is 1.19. The first-order valence-electron chi connectivity index (χ1n) is 3.80. The Morgan fingerprint density at radius 1 is 1.43 bits per heavy atom. The van der Waals surface area contributed by atoms with E-state index in [-0.39, 0.29) is 22.6 Å². The largest absolute Gasteiger partial charge is 0.428 e. The van der Waals surface area contributed by atoms with Crippen LogP contribution in [0.25, 0.3) is 11.1 Å². The first-order chi connectivity index (χ1) is 6.72. The van der Waals surface area contributed by atoms with E-state index in [1.165, 1.54) is 18.2 Å². The molecule has 0 aliphatic heterocycles. The van der Waals surface area contributed by atoms with Gasteiger partial charge in [-0.3, -0.25) is 0 Å². The highest BCUT2D eigenvalue weighted by Gasteiger charge is 2.15. The Morgan fingerprint density at radius 2 is 2.21 bits per heavy atom. The molecule has 0 bridgehead atoms. The zero-order chi connectivity index (χ0) is 10.1. The van der Waals surface area contributed by atoms with Crippen molar-refractivity contribution in [2.75, 3.05) is 0 Å². The van der Waals surface area contributed by atoms with Gasteiger partial charge >= 0.3 is 5.89 Å². The zero-order valence-corrected chi connectivity index (χ0v) is 6.87. The third kappa shape index (κ3) is 1.21. The van der Waals surface area contributed by atoms with Gasteiger partial charge in [-0.2, -0.15) is 10.2 Å². The number of halogens is 2. The lowest BCUT2D eigenvalue weighted by molar-refractivity contribution is 0.153. The number of hydrogen-bond acceptors (Lipinski definition) is 3. The van der Waals surface area contributed by atoms with Gasteiger partial charge in [0.1, 0.15) is 5.52 Å². The molecule has 0 aliphatic carbocycles. The molecule has 2 aromatic rings. The summed E-state index contributed by atoms with van der Waals surface area (Å²) in [6.07, 6.45) is -2.62. The van der Waals surface area contributed by atoms with Gasteiger partial charge in [-0.1, -0.05) is 12.1 Å². The van der Waals surface area contributed by atoms with E-state index in [4.69, 9.17) is 9.68 Å². The van der Waals surface area contributed by atoms with Crippen LogP contribution in [0.1, 0.15) is 17.9 Å². The Balaban J connectivity index is 2.74. The minimum Gasteiger partial charge on any atom is -0.428 e. The topological polar surface area (TPSA) is 49.8 Å². The van der Waals surface area contributed by atoms with Crippen molar-refractivity contribution < 1.29 is 13.2 Å². The molecule has 0 atom stereocenters. The van der Waals surface area contributed by atoms with Crippen LogP contribution >= 0.6 is 0 Å². The molecule has 1 aromatic heterocycles. The number of benzene rings is 1. The standard InChI is InChI=1S/C9H4F2N2O/c10-9(11)5-2-1-3-6-8(5)13-7(4-12)14-6/h1-3,9H. The van der Waals surface area contributed by atoms with Gasteiger partial charge in [0.2, 0.25) is 0 Å². The monoisotopic (exact) mass is 194 g/mol. The quantitative estimate of drug-likeness (QED) is 0.701. The smallest absolute Gasteiger partial charge is 0.301 e. The highest BCUT2D eigenvalue weighted by atomic mass is 19.3. The van der Waals surface area contributed by atoms with Crippen LogP contribution in [-0.2, 0) is 0 Å². The first-order valence-corrected chi connectivity index (χ1v) is 3.80. The van der Waals surface area contributed by atoms with Crippen LogP contribution in [0.15, 0.2) is 22.6 Å². The number of fused-ring (bicyclic) bond motifs is 1. The first kappa shape index (κ1) is 8.63. The molecule has 2 rings (SSSR count). The predicted molar refractivity (Wildman–Crippen MR) is 43.7 cm³/mol. The van der Waals surface area contributed by atoms with Crippen LogP contribution in [0, 0.1) is 11.3 Å². The van der Waals surface area contributed by atoms with Crippen LogP contribution in [-0.4, -0.2) is 4.98 Å². The van der Waals surface area contributed by atoms with E-state index in [2.05, 4.69) is 4.98 Å². The summed E-state index contributed by atoms with van der Waals surface area (Å²) in [5.74, 6) is -0.201. The molecule has 1 heterocycles. The molecular formula is C9H4F2N2O. The second-order valence-electron chi connectivity index (χ2n) is 2.63. The number of para-hydroxylation sites is 1. The lowest BCUT2D eigenvalue weighted by Gasteiger charge is -1.97. The minimum absolute atomic E-state index is 0.0547. The van der Waals surface area contributed by atoms with Gasteiger partial charge in [-0.05, 0) is 6.07 Å². The maximum absolute atomic E-state index is 12.4. The van der Waals surface area contributed by atoms with Crippen LogP contribution in [0.3, 0.4) is 0 Å². The van der Waals surface area contributed by atoms with E-state index in [9.17, 15) is 8.78 Å². The maximum Gasteiger partial charge on any atom is 0.301 e. The Labute approximate surface area is 77.6 Å². The Bertz CT molecular complexity index is 513. The summed E-state index contributed by atoms with van der Waals surface area (Å²) < 4.78 is 29.8. The molecule has 0 radical (unpaired) electrons. The molecule has 0 unspecified atom stereocenters. The highest BCUT2D eigenvalue weighted by molar-refractivity contribution is 5.77. The molecule has 0 saturated carbocycles. The van der Waals surface area contributed by atoms with Crippen molar-refractivity contribution in [3.05, 3.63) is 29.7 Å². The average Bonchev–Trinajstić information content (AvgIpc) is 2.59. The number of aromatic nitrogens is 1. The number of hydrogen-bond donors (Lipinski definition) is 0. The second kappa shape index (κ2) is 3.07. The van der Waals surface area contributed by atoms with Crippen molar-refractivity contribution in [2.45, 2.75) is 6.43 Å². The number of nitriles is 1. The third-order valence-corrected chi connectivity index (χ3v) is 1.78. The molecule has 5 heteroatoms. The average molecular weight is 194 g/mol. The number of oxazole rings is 1. The van der Waals surface area contributed by atoms with Crippen molar-refractivity contribution in [3.63, 3.8) is 0 Å². The fraction of sp³-hybridized carbons (Fsp3) is 0.111. The summed E-state index contributed by atoms with van der Waals surface area (Å²) in [6, 6.07) is 5.86. The molecule has 3 nitrogen and oxygen atoms in total. The van der Waals surface area contributed by atoms with Gasteiger partial charge in [0.15, 0.2) is 11.7 Å². The normalized spacial score (nSPS) is 10.7. The van der Waals surface area contributed by atoms with Gasteiger partial charge in [-0.25, -0.2) is 8.78 Å². The molecule has 0 N–H and O–H groups in total. The van der Waals surface area contributed by atoms with Gasteiger partial charge in [0, 0.05) is 5.56 Å². The van der Waals surface area contributed by atoms with Crippen LogP contribution in [0.5, 0.6) is 0 Å². The van der Waals surface area contributed by atoms with Crippen LogP contribution in [0.4, 0.5) is 8.78 Å². The lowest BCUT2D eigenvalue weighted by atomic mass is 10.2. The van der Waals surface area contributed by atoms with Crippen molar-refractivity contribution in [3.8, 4) is 6.07 Å². The second-order valence-corrected chi connectivity index (χ2v) is 2.63. The lowest BCUT2D eigenvalue weighted by Crippen LogP contribution is -1.85. The van der Waals surface area contributed by atoms with E-state index in [1.54, 1.807) is 6.07 Å². The molecule has 0 spiro atoms. The zero-order valence-electron chi connectivity index (χ0n) is 6.87. The molecular weight excluding hydrogens is 190 g/mol. The Morgan fingerprint density at radius 3 is 2.86 bits per heavy atom. The summed E-state index contributed by atoms with van der Waals surface area (Å²) in [4.78, 5) is 3.64. The van der Waals surface area contributed by atoms with Crippen LogP contribution < -0.4 is 0 Å². The molecule has 14 heavy (non-hydrogen) atoms. The van der Waals surface area contributed by atoms with Crippen molar-refractivity contribution in [1.29, 1.82) is 5.26 Å². The molecule has 1 aromatic carbocycles. The fourth-order valence-corrected chi connectivity index (χ4v) is 1.19. The van der Waals surface area contributed by atoms with Crippen molar-refractivity contribution in [1.82, 2.24) is 4.98 Å². The third-order valence-electron chi connectivity index (χ3n) is 1.78. The van der Waals surface area contributed by atoms with Gasteiger partial charge in [0.25, 0.3) is 6.43 Å². The van der Waals surface area contributed by atoms with Gasteiger partial charge < -0.3 is 4.42 Å². The van der Waals surface area contributed by atoms with E-state index in [0.29, 0.717) is 0 Å². The molecule has 0 saturated heterocycles. The van der Waals surface area contributed by atoms with Gasteiger partial charge in [0.05, 0.1) is 0 Å².